The lowest BCUT2D eigenvalue weighted by molar-refractivity contribution is -0.137. The van der Waals surface area contributed by atoms with E-state index in [1.54, 1.807) is 30.5 Å². The van der Waals surface area contributed by atoms with Crippen molar-refractivity contribution in [3.05, 3.63) is 76.8 Å². The van der Waals surface area contributed by atoms with Crippen molar-refractivity contribution in [1.82, 2.24) is 4.98 Å². The standard InChI is InChI=1S/C33H35NO6S2/c1-3-4-25(17-33(35)36)26-6-10-32(34-18-26)40-20-24-5-9-31-29(16-24)30(21-41-31)28-8-7-27(15-22(28)2)39-19-23-11-13-42(37,38)14-12-23/h5-10,15-16,18,21,23,25,37-38H,11-14,17,19-20H2,1-2H3,(H,35,36). The topological polar surface area (TPSA) is 109 Å². The Balaban J connectivity index is 1.24. The molecule has 9 heteroatoms. The van der Waals surface area contributed by atoms with E-state index in [0.717, 1.165) is 46.2 Å². The van der Waals surface area contributed by atoms with Crippen LogP contribution < -0.4 is 9.47 Å². The molecule has 1 atom stereocenters. The molecule has 42 heavy (non-hydrogen) atoms. The first-order valence-corrected chi connectivity index (χ1v) is 16.7. The Bertz CT molecular complexity index is 1610. The van der Waals surface area contributed by atoms with E-state index in [2.05, 4.69) is 59.5 Å². The fraction of sp³-hybridized carbons (Fsp3) is 0.333. The summed E-state index contributed by atoms with van der Waals surface area (Å²) in [6.45, 7) is 4.73. The number of benzene rings is 2. The number of thiophene rings is 1. The second-order valence-corrected chi connectivity index (χ2v) is 14.0. The first-order chi connectivity index (χ1) is 20.2. The van der Waals surface area contributed by atoms with E-state index in [-0.39, 0.29) is 6.42 Å². The predicted octanol–water partition coefficient (Wildman–Crippen LogP) is 7.97. The van der Waals surface area contributed by atoms with Crippen LogP contribution in [0, 0.1) is 24.7 Å². The Labute approximate surface area is 251 Å². The molecule has 0 bridgehead atoms. The number of pyridine rings is 1. The minimum Gasteiger partial charge on any atom is -0.493 e. The Morgan fingerprint density at radius 1 is 1.10 bits per heavy atom. The Morgan fingerprint density at radius 3 is 2.60 bits per heavy atom. The van der Waals surface area contributed by atoms with E-state index >= 15 is 0 Å². The molecule has 1 saturated heterocycles. The number of aryl methyl sites for hydroxylation is 1. The second kappa shape index (κ2) is 13.2. The summed E-state index contributed by atoms with van der Waals surface area (Å²) < 4.78 is 32.9. The minimum absolute atomic E-state index is 0.0700. The summed E-state index contributed by atoms with van der Waals surface area (Å²) in [4.78, 5) is 15.6. The zero-order valence-electron chi connectivity index (χ0n) is 23.7. The summed E-state index contributed by atoms with van der Waals surface area (Å²) in [7, 11) is -2.37. The third-order valence-corrected chi connectivity index (χ3v) is 10.3. The molecule has 1 unspecified atom stereocenters. The molecule has 1 aliphatic rings. The van der Waals surface area contributed by atoms with Crippen molar-refractivity contribution in [2.24, 2.45) is 5.92 Å². The highest BCUT2D eigenvalue weighted by Crippen LogP contribution is 2.45. The van der Waals surface area contributed by atoms with Crippen LogP contribution in [-0.2, 0) is 11.4 Å². The van der Waals surface area contributed by atoms with Crippen molar-refractivity contribution in [2.45, 2.75) is 45.6 Å². The highest BCUT2D eigenvalue weighted by Gasteiger charge is 2.24. The molecule has 3 heterocycles. The highest BCUT2D eigenvalue weighted by molar-refractivity contribution is 8.24. The normalized spacial score (nSPS) is 16.3. The molecule has 7 nitrogen and oxygen atoms in total. The van der Waals surface area contributed by atoms with Crippen molar-refractivity contribution in [3.63, 3.8) is 0 Å². The summed E-state index contributed by atoms with van der Waals surface area (Å²) in [6.07, 6.45) is 3.14. The zero-order chi connectivity index (χ0) is 29.7. The summed E-state index contributed by atoms with van der Waals surface area (Å²) in [5.74, 6) is 7.04. The van der Waals surface area contributed by atoms with Gasteiger partial charge in [0.05, 0.1) is 18.9 Å². The molecular weight excluding hydrogens is 570 g/mol. The quantitative estimate of drug-likeness (QED) is 0.157. The number of nitrogens with zero attached hydrogens (tertiary/aromatic N) is 1. The molecule has 1 aliphatic heterocycles. The van der Waals surface area contributed by atoms with Gasteiger partial charge in [-0.1, -0.05) is 24.1 Å². The first-order valence-electron chi connectivity index (χ1n) is 13.9. The van der Waals surface area contributed by atoms with Crippen molar-refractivity contribution < 1.29 is 28.5 Å². The molecule has 220 valence electrons. The number of fused-ring (bicyclic) bond motifs is 1. The van der Waals surface area contributed by atoms with Crippen LogP contribution in [0.5, 0.6) is 11.6 Å². The monoisotopic (exact) mass is 605 g/mol. The molecule has 0 spiro atoms. The third kappa shape index (κ3) is 7.44. The van der Waals surface area contributed by atoms with Gasteiger partial charge in [-0.25, -0.2) is 4.98 Å². The predicted molar refractivity (Wildman–Crippen MR) is 170 cm³/mol. The molecule has 0 aliphatic carbocycles. The van der Waals surface area contributed by atoms with Crippen LogP contribution in [0.25, 0.3) is 21.2 Å². The molecule has 0 amide bonds. The number of hydrogen-bond acceptors (Lipinski definition) is 7. The van der Waals surface area contributed by atoms with Crippen molar-refractivity contribution in [3.8, 4) is 34.6 Å². The van der Waals surface area contributed by atoms with Crippen molar-refractivity contribution >= 4 is 38.0 Å². The maximum absolute atomic E-state index is 11.2. The van der Waals surface area contributed by atoms with Crippen LogP contribution in [0.3, 0.4) is 0 Å². The summed E-state index contributed by atoms with van der Waals surface area (Å²) in [5, 5.41) is 12.5. The first kappa shape index (κ1) is 29.9. The van der Waals surface area contributed by atoms with E-state index in [0.29, 0.717) is 36.5 Å². The van der Waals surface area contributed by atoms with Crippen LogP contribution in [0.1, 0.15) is 48.8 Å². The number of ether oxygens (including phenoxy) is 2. The molecule has 5 rings (SSSR count). The summed E-state index contributed by atoms with van der Waals surface area (Å²) in [6, 6.07) is 16.1. The van der Waals surface area contributed by atoms with Crippen LogP contribution in [-0.4, -0.2) is 43.3 Å². The Morgan fingerprint density at radius 2 is 1.90 bits per heavy atom. The molecule has 0 radical (unpaired) electrons. The van der Waals surface area contributed by atoms with Gasteiger partial charge in [0.15, 0.2) is 0 Å². The summed E-state index contributed by atoms with van der Waals surface area (Å²) >= 11 is 1.71. The Kier molecular flexibility index (Phi) is 9.39. The van der Waals surface area contributed by atoms with Gasteiger partial charge in [0.2, 0.25) is 5.88 Å². The number of carboxylic acid groups (broad SMARTS) is 1. The SMILES string of the molecule is CC#CC(CC(=O)O)c1ccc(OCc2ccc3scc(-c4ccc(OCC5CCS(O)(O)CC5)cc4C)c3c2)nc1. The smallest absolute Gasteiger partial charge is 0.304 e. The molecule has 0 saturated carbocycles. The molecule has 3 N–H and O–H groups in total. The lowest BCUT2D eigenvalue weighted by atomic mass is 9.98. The lowest BCUT2D eigenvalue weighted by Crippen LogP contribution is -2.24. The maximum Gasteiger partial charge on any atom is 0.304 e. The van der Waals surface area contributed by atoms with Crippen LogP contribution in [0.15, 0.2) is 60.1 Å². The highest BCUT2D eigenvalue weighted by atomic mass is 32.3. The van der Waals surface area contributed by atoms with Gasteiger partial charge < -0.3 is 14.6 Å². The fourth-order valence-electron chi connectivity index (χ4n) is 5.18. The average molecular weight is 606 g/mol. The van der Waals surface area contributed by atoms with Gasteiger partial charge in [0.1, 0.15) is 12.4 Å². The molecule has 1 fully saturated rings. The van der Waals surface area contributed by atoms with E-state index < -0.39 is 22.5 Å². The van der Waals surface area contributed by atoms with Gasteiger partial charge in [0, 0.05) is 39.4 Å². The van der Waals surface area contributed by atoms with Crippen molar-refractivity contribution in [2.75, 3.05) is 18.1 Å². The summed E-state index contributed by atoms with van der Waals surface area (Å²) in [5.41, 5.74) is 5.23. The van der Waals surface area contributed by atoms with Crippen LogP contribution in [0.4, 0.5) is 0 Å². The van der Waals surface area contributed by atoms with Crippen LogP contribution in [0.2, 0.25) is 0 Å². The minimum atomic E-state index is -2.37. The van der Waals surface area contributed by atoms with E-state index in [1.807, 2.05) is 12.1 Å². The second-order valence-electron chi connectivity index (χ2n) is 10.7. The van der Waals surface area contributed by atoms with Gasteiger partial charge in [-0.05, 0) is 84.5 Å². The number of carboxylic acids is 1. The van der Waals surface area contributed by atoms with Gasteiger partial charge in [0.25, 0.3) is 0 Å². The van der Waals surface area contributed by atoms with Gasteiger partial charge in [-0.15, -0.1) is 17.3 Å². The van der Waals surface area contributed by atoms with E-state index in [1.165, 1.54) is 10.3 Å². The maximum atomic E-state index is 11.2. The average Bonchev–Trinajstić information content (AvgIpc) is 3.38. The largest absolute Gasteiger partial charge is 0.493 e. The number of carbonyl (C=O) groups is 1. The third-order valence-electron chi connectivity index (χ3n) is 7.56. The van der Waals surface area contributed by atoms with E-state index in [9.17, 15) is 13.9 Å². The van der Waals surface area contributed by atoms with Gasteiger partial charge in [-0.3, -0.25) is 13.9 Å². The molecule has 2 aromatic carbocycles. The van der Waals surface area contributed by atoms with E-state index in [4.69, 9.17) is 14.6 Å². The van der Waals surface area contributed by atoms with Gasteiger partial charge >= 0.3 is 5.97 Å². The van der Waals surface area contributed by atoms with Crippen molar-refractivity contribution in [1.29, 1.82) is 0 Å². The number of rotatable bonds is 10. The molecule has 2 aromatic heterocycles. The molecular formula is C33H35NO6S2. The number of aromatic nitrogens is 1. The molecule has 4 aromatic rings. The Hall–Kier alpha value is -3.55. The van der Waals surface area contributed by atoms with Crippen LogP contribution >= 0.6 is 21.9 Å². The fourth-order valence-corrected chi connectivity index (χ4v) is 7.75. The van der Waals surface area contributed by atoms with Gasteiger partial charge in [-0.2, -0.15) is 10.6 Å². The zero-order valence-corrected chi connectivity index (χ0v) is 25.3. The lowest BCUT2D eigenvalue weighted by Gasteiger charge is -2.39. The number of hydrogen-bond donors (Lipinski definition) is 3. The number of aliphatic carboxylic acids is 1.